The van der Waals surface area contributed by atoms with Gasteiger partial charge in [0.05, 0.1) is 0 Å². The van der Waals surface area contributed by atoms with E-state index in [0.29, 0.717) is 23.7 Å². The number of benzene rings is 4. The van der Waals surface area contributed by atoms with Gasteiger partial charge in [-0.2, -0.15) is 0 Å². The van der Waals surface area contributed by atoms with Gasteiger partial charge in [-0.05, 0) is 0 Å². The van der Waals surface area contributed by atoms with Crippen LogP contribution in [0.15, 0.2) is 71.8 Å². The molecule has 2 atom stereocenters. The summed E-state index contributed by atoms with van der Waals surface area (Å²) in [7, 11) is 11.8. The molecule has 4 aromatic carbocycles. The van der Waals surface area contributed by atoms with Crippen molar-refractivity contribution < 1.29 is 15.6 Å². The van der Waals surface area contributed by atoms with E-state index < -0.39 is 53.8 Å². The van der Waals surface area contributed by atoms with Crippen molar-refractivity contribution in [2.75, 3.05) is 0 Å². The van der Waals surface area contributed by atoms with Crippen LogP contribution in [-0.2, 0) is 15.6 Å². The van der Waals surface area contributed by atoms with Gasteiger partial charge in [0.1, 0.15) is 0 Å². The van der Waals surface area contributed by atoms with Gasteiger partial charge in [0.25, 0.3) is 0 Å². The first-order valence-corrected chi connectivity index (χ1v) is 55.1. The molecule has 0 N–H and O–H groups in total. The number of allylic oxidation sites excluding steroid dienone is 2. The van der Waals surface area contributed by atoms with Crippen LogP contribution in [0.2, 0.25) is 91.7 Å². The molecule has 2 aliphatic rings. The fourth-order valence-electron chi connectivity index (χ4n) is 10.9. The van der Waals surface area contributed by atoms with E-state index in [0.717, 1.165) is 0 Å². The van der Waals surface area contributed by atoms with Gasteiger partial charge in [0.15, 0.2) is 0 Å². The van der Waals surface area contributed by atoms with Crippen molar-refractivity contribution in [3.63, 3.8) is 0 Å². The third-order valence-corrected chi connectivity index (χ3v) is 75.0. The van der Waals surface area contributed by atoms with Gasteiger partial charge in [-0.15, -0.1) is 0 Å². The van der Waals surface area contributed by atoms with Crippen molar-refractivity contribution in [1.82, 2.24) is 0 Å². The molecule has 0 bridgehead atoms. The Labute approximate surface area is 405 Å². The van der Waals surface area contributed by atoms with Crippen LogP contribution in [0.25, 0.3) is 34.4 Å². The van der Waals surface area contributed by atoms with Gasteiger partial charge in [-0.1, -0.05) is 0 Å². The zero-order valence-electron chi connectivity index (χ0n) is 44.2. The molecule has 0 amide bonds. The Morgan fingerprint density at radius 1 is 0.438 bits per heavy atom. The molecule has 0 spiro atoms. The minimum absolute atomic E-state index is 0.0445. The monoisotopic (exact) mass is 1060 g/mol. The first-order chi connectivity index (χ1) is 29.1. The van der Waals surface area contributed by atoms with Gasteiger partial charge >= 0.3 is 409 Å². The predicted molar refractivity (Wildman–Crippen MR) is 306 cm³/mol. The van der Waals surface area contributed by atoms with Crippen molar-refractivity contribution >= 4 is 88.1 Å². The third-order valence-electron chi connectivity index (χ3n) is 15.2. The van der Waals surface area contributed by atoms with E-state index in [1.165, 1.54) is 66.8 Å². The summed E-state index contributed by atoms with van der Waals surface area (Å²) in [5, 5.41) is 6.24. The van der Waals surface area contributed by atoms with Gasteiger partial charge in [0, 0.05) is 0 Å². The molecule has 0 saturated heterocycles. The van der Waals surface area contributed by atoms with Crippen molar-refractivity contribution in [3.8, 4) is 22.3 Å². The van der Waals surface area contributed by atoms with Crippen LogP contribution in [0.3, 0.4) is 0 Å². The predicted octanol–water partition coefficient (Wildman–Crippen LogP) is 16.3. The van der Waals surface area contributed by atoms with Crippen LogP contribution in [-0.4, -0.2) is 38.2 Å². The summed E-state index contributed by atoms with van der Waals surface area (Å²) >= 11 is -5.14. The Morgan fingerprint density at radius 2 is 0.719 bits per heavy atom. The van der Waals surface area contributed by atoms with Crippen LogP contribution in [0, 0.1) is 11.8 Å². The molecule has 0 nitrogen and oxygen atoms in total. The Hall–Kier alpha value is -1.09. The summed E-state index contributed by atoms with van der Waals surface area (Å²) in [6.07, 6.45) is 5.25. The minimum atomic E-state index is -5.14. The molecular formula is C56H85Cl2Si5Zr. The summed E-state index contributed by atoms with van der Waals surface area (Å²) in [5.41, 5.74) is 17.1. The quantitative estimate of drug-likeness (QED) is 0.117. The van der Waals surface area contributed by atoms with E-state index in [1.54, 1.807) is 20.7 Å². The summed E-state index contributed by atoms with van der Waals surface area (Å²) in [6.45, 7) is 54.3. The summed E-state index contributed by atoms with van der Waals surface area (Å²) < 4.78 is 0.0890. The Morgan fingerprint density at radius 3 is 0.938 bits per heavy atom. The van der Waals surface area contributed by atoms with Gasteiger partial charge in [-0.25, -0.2) is 0 Å². The van der Waals surface area contributed by atoms with Crippen molar-refractivity contribution in [2.24, 2.45) is 11.8 Å². The zero-order valence-corrected chi connectivity index (χ0v) is 53.4. The first-order valence-electron chi connectivity index (χ1n) is 24.8. The summed E-state index contributed by atoms with van der Waals surface area (Å²) in [4.78, 5) is 0. The van der Waals surface area contributed by atoms with Gasteiger partial charge in [-0.3, -0.25) is 0 Å². The molecule has 64 heavy (non-hydrogen) atoms. The van der Waals surface area contributed by atoms with Crippen molar-refractivity contribution in [1.29, 1.82) is 0 Å². The molecule has 0 heterocycles. The molecule has 347 valence electrons. The van der Waals surface area contributed by atoms with Gasteiger partial charge < -0.3 is 0 Å². The second-order valence-electron chi connectivity index (χ2n) is 25.8. The van der Waals surface area contributed by atoms with E-state index in [9.17, 15) is 17.0 Å². The molecule has 0 radical (unpaired) electrons. The number of hydrogen-bond acceptors (Lipinski definition) is 0. The van der Waals surface area contributed by atoms with E-state index in [-0.39, 0.29) is 7.25 Å². The maximum atomic E-state index is 9.19. The molecule has 6 rings (SSSR count). The van der Waals surface area contributed by atoms with Crippen molar-refractivity contribution in [2.45, 2.75) is 166 Å². The maximum absolute atomic E-state index is 9.19. The fraction of sp³-hybridized carbons (Fsp3) is 0.500. The SMILES string of the molecule is CC(C)C1=Cc2c(ccc(C(C)C)c2-c2cc([Si](C)(C)C)cc([Si](C)(C)C)c2)[CH]1[Zr]([Cl])([Cl])([CH]1C(C(C)C)=Cc2c1ccc(C(C)C)c2-c1cc([Si](C)(C)C)cc([Si](C)(C)C)c1)[SiH](C)C. The van der Waals surface area contributed by atoms with Crippen LogP contribution in [0.1, 0.15) is 108 Å². The number of rotatable bonds is 13. The second-order valence-corrected chi connectivity index (χ2v) is 88.6. The standard InChI is InChI=1S/2C27H39Si2.C2H7Si.2ClH.Zr/c2*1-18(2)21-13-20-11-12-25(19(3)4)27(26(20)16-21)22-14-23(28(5,6)7)17-24(15-22)29(8,9)10;1-3-2;;;/h2*11-19H,1-10H3;3H,1-2H3;2*1H;/q;;;;;+2/p-2. The normalized spacial score (nSPS) is 18.0. The molecule has 0 aromatic heterocycles. The molecule has 0 aliphatic heterocycles. The number of halogens is 2. The molecule has 0 fully saturated rings. The summed E-state index contributed by atoms with van der Waals surface area (Å²) in [6, 6.07) is 25.5. The van der Waals surface area contributed by atoms with Crippen LogP contribution < -0.4 is 20.7 Å². The molecule has 2 unspecified atom stereocenters. The average molecular weight is 1060 g/mol. The molecule has 4 aromatic rings. The third kappa shape index (κ3) is 9.35. The Kier molecular flexibility index (Phi) is 14.5. The fourth-order valence-corrected chi connectivity index (χ4v) is 47.4. The van der Waals surface area contributed by atoms with Crippen molar-refractivity contribution in [3.05, 3.63) is 105 Å². The van der Waals surface area contributed by atoms with E-state index in [1.807, 2.05) is 0 Å². The number of fused-ring (bicyclic) bond motifs is 2. The second kappa shape index (κ2) is 17.7. The van der Waals surface area contributed by atoms with E-state index in [2.05, 4.69) is 220 Å². The molecular weight excluding hydrogens is 975 g/mol. The zero-order chi connectivity index (χ0) is 48.2. The topological polar surface area (TPSA) is 0 Å². The first kappa shape index (κ1) is 52.3. The Bertz CT molecular complexity index is 2300. The summed E-state index contributed by atoms with van der Waals surface area (Å²) in [5.74, 6) is -0.407. The van der Waals surface area contributed by atoms with E-state index in [4.69, 9.17) is 0 Å². The number of hydrogen-bond donors (Lipinski definition) is 0. The van der Waals surface area contributed by atoms with Crippen LogP contribution >= 0.6 is 17.0 Å². The van der Waals surface area contributed by atoms with Crippen LogP contribution in [0.4, 0.5) is 0 Å². The van der Waals surface area contributed by atoms with E-state index >= 15 is 0 Å². The van der Waals surface area contributed by atoms with Gasteiger partial charge in [0.2, 0.25) is 0 Å². The van der Waals surface area contributed by atoms with Crippen LogP contribution in [0.5, 0.6) is 0 Å². The average Bonchev–Trinajstić information content (AvgIpc) is 3.77. The molecule has 2 aliphatic carbocycles. The Balaban J connectivity index is 1.73. The molecule has 0 saturated carbocycles. The molecule has 8 heteroatoms.